The van der Waals surface area contributed by atoms with Crippen molar-refractivity contribution in [2.75, 3.05) is 0 Å². The lowest BCUT2D eigenvalue weighted by molar-refractivity contribution is 0.495. The Morgan fingerprint density at radius 3 is 2.69 bits per heavy atom. The van der Waals surface area contributed by atoms with Crippen LogP contribution in [0.2, 0.25) is 0 Å². The monoisotopic (exact) mass is 474 g/mol. The van der Waals surface area contributed by atoms with Gasteiger partial charge in [0.2, 0.25) is 0 Å². The number of allylic oxidation sites excluding steroid dienone is 2. The summed E-state index contributed by atoms with van der Waals surface area (Å²) < 4.78 is 19.4. The number of tetrazole rings is 1. The van der Waals surface area contributed by atoms with Crippen LogP contribution in [0.1, 0.15) is 31.0 Å². The van der Waals surface area contributed by atoms with Crippen LogP contribution >= 0.6 is 0 Å². The molecule has 1 aliphatic rings. The molecule has 35 heavy (non-hydrogen) atoms. The van der Waals surface area contributed by atoms with E-state index in [1.165, 1.54) is 10.6 Å². The van der Waals surface area contributed by atoms with Crippen LogP contribution in [0.25, 0.3) is 17.2 Å². The van der Waals surface area contributed by atoms with Crippen molar-refractivity contribution >= 4 is 0 Å². The SMILES string of the molecule is CCCCc1cn(-c2c(F)ccn2C)c(=O)n1CC1(c2cccc(-c3nnn[nH]3)c2)C=CNC=C1. The summed E-state index contributed by atoms with van der Waals surface area (Å²) in [5.41, 5.74) is 1.80. The molecule has 4 heterocycles. The topological polar surface area (TPSA) is 98.3 Å². The lowest BCUT2D eigenvalue weighted by Crippen LogP contribution is -2.36. The van der Waals surface area contributed by atoms with Gasteiger partial charge in [-0.2, -0.15) is 0 Å². The van der Waals surface area contributed by atoms with Crippen LogP contribution in [0.5, 0.6) is 0 Å². The summed E-state index contributed by atoms with van der Waals surface area (Å²) in [6, 6.07) is 9.30. The Morgan fingerprint density at radius 2 is 2.00 bits per heavy atom. The number of aromatic nitrogens is 7. The minimum atomic E-state index is -0.613. The summed E-state index contributed by atoms with van der Waals surface area (Å²) >= 11 is 0. The van der Waals surface area contributed by atoms with Crippen molar-refractivity contribution in [3.05, 3.63) is 94.8 Å². The number of hydrogen-bond donors (Lipinski definition) is 2. The van der Waals surface area contributed by atoms with E-state index in [-0.39, 0.29) is 11.5 Å². The molecule has 0 saturated carbocycles. The smallest absolute Gasteiger partial charge is 0.334 e. The van der Waals surface area contributed by atoms with Crippen LogP contribution in [0.4, 0.5) is 4.39 Å². The van der Waals surface area contributed by atoms with Crippen molar-refractivity contribution < 1.29 is 4.39 Å². The van der Waals surface area contributed by atoms with Gasteiger partial charge in [0.05, 0.1) is 5.41 Å². The Labute approximate surface area is 201 Å². The van der Waals surface area contributed by atoms with E-state index in [0.29, 0.717) is 12.4 Å². The third kappa shape index (κ3) is 4.11. The molecule has 0 unspecified atom stereocenters. The number of aryl methyl sites for hydroxylation is 2. The second-order valence-electron chi connectivity index (χ2n) is 8.77. The number of nitrogens with zero attached hydrogens (tertiary/aromatic N) is 6. The second-order valence-corrected chi connectivity index (χ2v) is 8.77. The number of halogens is 1. The fourth-order valence-electron chi connectivity index (χ4n) is 4.57. The number of dihydropyridines is 1. The van der Waals surface area contributed by atoms with Gasteiger partial charge in [0.1, 0.15) is 0 Å². The first-order valence-corrected chi connectivity index (χ1v) is 11.6. The van der Waals surface area contributed by atoms with Gasteiger partial charge in [0.15, 0.2) is 17.5 Å². The average molecular weight is 475 g/mol. The van der Waals surface area contributed by atoms with Crippen LogP contribution in [0.3, 0.4) is 0 Å². The number of H-pyrrole nitrogens is 1. The predicted octanol–water partition coefficient (Wildman–Crippen LogP) is 3.21. The zero-order chi connectivity index (χ0) is 24.4. The normalized spacial score (nSPS) is 14.4. The Balaban J connectivity index is 1.63. The number of nitrogens with one attached hydrogen (secondary N) is 2. The number of hydrogen-bond acceptors (Lipinski definition) is 5. The van der Waals surface area contributed by atoms with Gasteiger partial charge in [-0.1, -0.05) is 43.7 Å². The van der Waals surface area contributed by atoms with Gasteiger partial charge in [-0.05, 0) is 53.4 Å². The van der Waals surface area contributed by atoms with Crippen LogP contribution < -0.4 is 11.0 Å². The molecule has 1 aliphatic heterocycles. The minimum Gasteiger partial charge on any atom is -0.368 e. The third-order valence-corrected chi connectivity index (χ3v) is 6.46. The summed E-state index contributed by atoms with van der Waals surface area (Å²) in [6.07, 6.45) is 13.8. The summed E-state index contributed by atoms with van der Waals surface area (Å²) in [5, 5.41) is 17.3. The molecule has 4 aromatic rings. The van der Waals surface area contributed by atoms with Gasteiger partial charge in [-0.15, -0.1) is 5.10 Å². The highest BCUT2D eigenvalue weighted by molar-refractivity contribution is 5.57. The van der Waals surface area contributed by atoms with Crippen LogP contribution in [-0.4, -0.2) is 34.3 Å². The molecule has 0 radical (unpaired) electrons. The lowest BCUT2D eigenvalue weighted by Gasteiger charge is -2.31. The molecule has 9 nitrogen and oxygen atoms in total. The summed E-state index contributed by atoms with van der Waals surface area (Å²) in [7, 11) is 1.73. The van der Waals surface area contributed by atoms with Gasteiger partial charge in [0.25, 0.3) is 0 Å². The van der Waals surface area contributed by atoms with Crippen molar-refractivity contribution in [2.45, 2.75) is 38.1 Å². The van der Waals surface area contributed by atoms with E-state index in [4.69, 9.17) is 0 Å². The highest BCUT2D eigenvalue weighted by Crippen LogP contribution is 2.33. The summed E-state index contributed by atoms with van der Waals surface area (Å²) in [6.45, 7) is 2.47. The Kier molecular flexibility index (Phi) is 5.94. The fourth-order valence-corrected chi connectivity index (χ4v) is 4.57. The van der Waals surface area contributed by atoms with Gasteiger partial charge in [-0.25, -0.2) is 14.3 Å². The number of imidazole rings is 1. The largest absolute Gasteiger partial charge is 0.368 e. The summed E-state index contributed by atoms with van der Waals surface area (Å²) in [5.74, 6) is 0.366. The number of unbranched alkanes of at least 4 members (excludes halogenated alkanes) is 1. The molecule has 1 aromatic carbocycles. The molecular weight excluding hydrogens is 447 g/mol. The van der Waals surface area contributed by atoms with E-state index < -0.39 is 11.2 Å². The first kappa shape index (κ1) is 22.6. The molecule has 2 N–H and O–H groups in total. The van der Waals surface area contributed by atoms with Crippen LogP contribution in [0, 0.1) is 5.82 Å². The van der Waals surface area contributed by atoms with Crippen LogP contribution in [0.15, 0.2) is 72.1 Å². The Bertz CT molecular complexity index is 1410. The molecule has 3 aromatic heterocycles. The standard InChI is InChI=1S/C25H27FN8O/c1-3-4-8-20-16-33(23-21(26)9-14-32(23)2)24(35)34(20)17-25(10-12-27-13-11-25)19-7-5-6-18(15-19)22-28-30-31-29-22/h5-7,9-16,27H,3-4,8,17H2,1-2H3,(H,28,29,30,31). The molecule has 0 fully saturated rings. The maximum Gasteiger partial charge on any atom is 0.334 e. The van der Waals surface area contributed by atoms with Crippen molar-refractivity contribution in [1.82, 2.24) is 39.6 Å². The van der Waals surface area contributed by atoms with E-state index in [9.17, 15) is 9.18 Å². The highest BCUT2D eigenvalue weighted by atomic mass is 19.1. The van der Waals surface area contributed by atoms with Gasteiger partial charge >= 0.3 is 5.69 Å². The minimum absolute atomic E-state index is 0.233. The molecule has 5 rings (SSSR count). The van der Waals surface area contributed by atoms with Gasteiger partial charge in [-0.3, -0.25) is 9.13 Å². The molecule has 0 spiro atoms. The number of rotatable bonds is 8. The number of aromatic amines is 1. The van der Waals surface area contributed by atoms with E-state index in [2.05, 4.69) is 32.9 Å². The molecule has 0 amide bonds. The number of benzene rings is 1. The Morgan fingerprint density at radius 1 is 1.17 bits per heavy atom. The maximum atomic E-state index is 14.6. The van der Waals surface area contributed by atoms with E-state index in [1.54, 1.807) is 28.6 Å². The molecule has 180 valence electrons. The van der Waals surface area contributed by atoms with E-state index >= 15 is 0 Å². The van der Waals surface area contributed by atoms with E-state index in [0.717, 1.165) is 36.1 Å². The van der Waals surface area contributed by atoms with Gasteiger partial charge in [0, 0.05) is 37.2 Å². The van der Waals surface area contributed by atoms with E-state index in [1.807, 2.05) is 48.8 Å². The molecule has 0 saturated heterocycles. The van der Waals surface area contributed by atoms with Crippen molar-refractivity contribution in [2.24, 2.45) is 7.05 Å². The molecular formula is C25H27FN8O. The van der Waals surface area contributed by atoms with Crippen molar-refractivity contribution in [3.8, 4) is 17.2 Å². The highest BCUT2D eigenvalue weighted by Gasteiger charge is 2.31. The second kappa shape index (κ2) is 9.21. The lowest BCUT2D eigenvalue weighted by atomic mass is 9.78. The first-order chi connectivity index (χ1) is 17.0. The Hall–Kier alpha value is -4.21. The molecule has 0 bridgehead atoms. The van der Waals surface area contributed by atoms with Gasteiger partial charge < -0.3 is 9.88 Å². The summed E-state index contributed by atoms with van der Waals surface area (Å²) in [4.78, 5) is 13.7. The van der Waals surface area contributed by atoms with Crippen LogP contribution in [-0.2, 0) is 25.4 Å². The average Bonchev–Trinajstić information content (AvgIpc) is 3.60. The predicted molar refractivity (Wildman–Crippen MR) is 130 cm³/mol. The quantitative estimate of drug-likeness (QED) is 0.409. The molecule has 0 aliphatic carbocycles. The molecule has 0 atom stereocenters. The van der Waals surface area contributed by atoms with Crippen molar-refractivity contribution in [1.29, 1.82) is 0 Å². The molecule has 10 heteroatoms. The first-order valence-electron chi connectivity index (χ1n) is 11.6. The fraction of sp³-hybridized carbons (Fsp3) is 0.280. The third-order valence-electron chi connectivity index (χ3n) is 6.46. The maximum absolute atomic E-state index is 14.6. The zero-order valence-corrected chi connectivity index (χ0v) is 19.6. The zero-order valence-electron chi connectivity index (χ0n) is 19.6. The van der Waals surface area contributed by atoms with Crippen molar-refractivity contribution in [3.63, 3.8) is 0 Å².